The number of rotatable bonds is 9. The number of pyridine rings is 1. The molecule has 0 aliphatic carbocycles. The van der Waals surface area contributed by atoms with Gasteiger partial charge in [0.1, 0.15) is 5.82 Å². The highest BCUT2D eigenvalue weighted by Crippen LogP contribution is 2.17. The predicted octanol–water partition coefficient (Wildman–Crippen LogP) is 1.51. The monoisotopic (exact) mass is 414 g/mol. The van der Waals surface area contributed by atoms with Gasteiger partial charge in [-0.15, -0.1) is 0 Å². The molecule has 0 saturated carbocycles. The van der Waals surface area contributed by atoms with Crippen molar-refractivity contribution < 1.29 is 14.3 Å². The Morgan fingerprint density at radius 1 is 1.48 bits per heavy atom. The number of carbonyl (C=O) groups excluding carboxylic acids is 1. The largest absolute Gasteiger partial charge is 0.465 e. The van der Waals surface area contributed by atoms with Crippen molar-refractivity contribution >= 4 is 27.7 Å². The number of nitrogens with zero attached hydrogens (tertiary/aromatic N) is 3. The highest BCUT2D eigenvalue weighted by atomic mass is 79.9. The van der Waals surface area contributed by atoms with E-state index >= 15 is 0 Å². The van der Waals surface area contributed by atoms with Crippen molar-refractivity contribution in [2.45, 2.75) is 19.9 Å². The summed E-state index contributed by atoms with van der Waals surface area (Å²) >= 11 is 3.42. The second-order valence-corrected chi connectivity index (χ2v) is 6.94. The molecule has 140 valence electrons. The standard InChI is InChI=1S/C17H27BrN4O3/c1-2-25-16(23)13-22(5-3-4-21-6-8-24-9-7-21)12-14-10-15(18)11-20-17(14)19/h10-11H,2-9,12-13H2,1H3,(H2,19,20). The van der Waals surface area contributed by atoms with Crippen LogP contribution in [0.15, 0.2) is 16.7 Å². The number of aromatic nitrogens is 1. The van der Waals surface area contributed by atoms with Crippen molar-refractivity contribution in [3.63, 3.8) is 0 Å². The van der Waals surface area contributed by atoms with E-state index in [4.69, 9.17) is 15.2 Å². The van der Waals surface area contributed by atoms with Gasteiger partial charge in [0.05, 0.1) is 26.4 Å². The number of esters is 1. The molecule has 1 saturated heterocycles. The smallest absolute Gasteiger partial charge is 0.320 e. The van der Waals surface area contributed by atoms with E-state index in [-0.39, 0.29) is 12.5 Å². The van der Waals surface area contributed by atoms with E-state index in [1.807, 2.05) is 13.0 Å². The summed E-state index contributed by atoms with van der Waals surface area (Å²) in [6, 6.07) is 1.95. The van der Waals surface area contributed by atoms with Crippen LogP contribution in [0, 0.1) is 0 Å². The van der Waals surface area contributed by atoms with E-state index in [1.165, 1.54) is 0 Å². The van der Waals surface area contributed by atoms with Crippen LogP contribution in [0.1, 0.15) is 18.9 Å². The first-order valence-electron chi connectivity index (χ1n) is 8.66. The zero-order chi connectivity index (χ0) is 18.1. The molecule has 7 nitrogen and oxygen atoms in total. The molecule has 0 spiro atoms. The number of ether oxygens (including phenoxy) is 2. The quantitative estimate of drug-likeness (QED) is 0.613. The molecule has 1 aromatic heterocycles. The van der Waals surface area contributed by atoms with Crippen LogP contribution in [-0.4, -0.2) is 73.3 Å². The zero-order valence-electron chi connectivity index (χ0n) is 14.7. The van der Waals surface area contributed by atoms with Crippen molar-refractivity contribution in [1.82, 2.24) is 14.8 Å². The van der Waals surface area contributed by atoms with Gasteiger partial charge in [0.2, 0.25) is 0 Å². The lowest BCUT2D eigenvalue weighted by Crippen LogP contribution is -2.39. The average molecular weight is 415 g/mol. The Morgan fingerprint density at radius 2 is 2.24 bits per heavy atom. The first-order chi connectivity index (χ1) is 12.1. The molecule has 8 heteroatoms. The highest BCUT2D eigenvalue weighted by molar-refractivity contribution is 9.10. The third kappa shape index (κ3) is 7.27. The Kier molecular flexibility index (Phi) is 8.60. The molecule has 0 unspecified atom stereocenters. The van der Waals surface area contributed by atoms with Gasteiger partial charge in [-0.25, -0.2) is 4.98 Å². The minimum Gasteiger partial charge on any atom is -0.465 e. The first kappa shape index (κ1) is 20.1. The highest BCUT2D eigenvalue weighted by Gasteiger charge is 2.16. The van der Waals surface area contributed by atoms with Gasteiger partial charge in [0, 0.05) is 42.4 Å². The summed E-state index contributed by atoms with van der Waals surface area (Å²) in [6.07, 6.45) is 2.65. The number of nitrogen functional groups attached to an aromatic ring is 1. The van der Waals surface area contributed by atoms with E-state index in [0.717, 1.165) is 55.8 Å². The van der Waals surface area contributed by atoms with E-state index in [1.54, 1.807) is 6.20 Å². The van der Waals surface area contributed by atoms with Crippen molar-refractivity contribution in [1.29, 1.82) is 0 Å². The minimum absolute atomic E-state index is 0.213. The number of hydrogen-bond acceptors (Lipinski definition) is 7. The molecule has 1 fully saturated rings. The summed E-state index contributed by atoms with van der Waals surface area (Å²) in [7, 11) is 0. The fourth-order valence-electron chi connectivity index (χ4n) is 2.81. The lowest BCUT2D eigenvalue weighted by molar-refractivity contribution is -0.144. The van der Waals surface area contributed by atoms with Crippen LogP contribution in [0.2, 0.25) is 0 Å². The predicted molar refractivity (Wildman–Crippen MR) is 100 cm³/mol. The Labute approximate surface area is 157 Å². The fourth-order valence-corrected chi connectivity index (χ4v) is 3.18. The Bertz CT molecular complexity index is 553. The second-order valence-electron chi connectivity index (χ2n) is 6.02. The molecule has 25 heavy (non-hydrogen) atoms. The summed E-state index contributed by atoms with van der Waals surface area (Å²) in [5, 5.41) is 0. The lowest BCUT2D eigenvalue weighted by atomic mass is 10.2. The van der Waals surface area contributed by atoms with Crippen LogP contribution in [0.5, 0.6) is 0 Å². The molecular weight excluding hydrogens is 388 g/mol. The molecule has 2 heterocycles. The van der Waals surface area contributed by atoms with Gasteiger partial charge >= 0.3 is 5.97 Å². The summed E-state index contributed by atoms with van der Waals surface area (Å²) in [5.74, 6) is 0.278. The molecule has 0 amide bonds. The van der Waals surface area contributed by atoms with Crippen LogP contribution >= 0.6 is 15.9 Å². The maximum Gasteiger partial charge on any atom is 0.320 e. The van der Waals surface area contributed by atoms with Crippen LogP contribution in [0.25, 0.3) is 0 Å². The Hall–Kier alpha value is -1.22. The number of morpholine rings is 1. The zero-order valence-corrected chi connectivity index (χ0v) is 16.3. The van der Waals surface area contributed by atoms with Gasteiger partial charge in [-0.3, -0.25) is 14.6 Å². The van der Waals surface area contributed by atoms with Crippen molar-refractivity contribution in [2.24, 2.45) is 0 Å². The molecule has 0 bridgehead atoms. The van der Waals surface area contributed by atoms with Crippen LogP contribution in [0.4, 0.5) is 5.82 Å². The molecule has 1 aromatic rings. The molecule has 0 atom stereocenters. The van der Waals surface area contributed by atoms with Gasteiger partial charge in [-0.1, -0.05) is 0 Å². The minimum atomic E-state index is -0.213. The molecule has 1 aliphatic rings. The maximum atomic E-state index is 11.9. The molecule has 1 aliphatic heterocycles. The summed E-state index contributed by atoms with van der Waals surface area (Å²) in [5.41, 5.74) is 6.88. The number of carbonyl (C=O) groups is 1. The molecule has 2 rings (SSSR count). The average Bonchev–Trinajstić information content (AvgIpc) is 2.59. The van der Waals surface area contributed by atoms with Crippen molar-refractivity contribution in [3.8, 4) is 0 Å². The van der Waals surface area contributed by atoms with Gasteiger partial charge < -0.3 is 15.2 Å². The molecular formula is C17H27BrN4O3. The number of anilines is 1. The van der Waals surface area contributed by atoms with E-state index in [9.17, 15) is 4.79 Å². The summed E-state index contributed by atoms with van der Waals surface area (Å²) < 4.78 is 11.3. The van der Waals surface area contributed by atoms with E-state index < -0.39 is 0 Å². The van der Waals surface area contributed by atoms with E-state index in [0.29, 0.717) is 19.0 Å². The van der Waals surface area contributed by atoms with Crippen molar-refractivity contribution in [3.05, 3.63) is 22.3 Å². The SMILES string of the molecule is CCOC(=O)CN(CCCN1CCOCC1)Cc1cc(Br)cnc1N. The Morgan fingerprint density at radius 3 is 2.96 bits per heavy atom. The van der Waals surface area contributed by atoms with Crippen LogP contribution < -0.4 is 5.73 Å². The summed E-state index contributed by atoms with van der Waals surface area (Å²) in [4.78, 5) is 20.5. The Balaban J connectivity index is 1.91. The number of hydrogen-bond donors (Lipinski definition) is 1. The van der Waals surface area contributed by atoms with Gasteiger partial charge in [-0.05, 0) is 41.9 Å². The lowest BCUT2D eigenvalue weighted by Gasteiger charge is -2.28. The number of halogens is 1. The van der Waals surface area contributed by atoms with Gasteiger partial charge in [-0.2, -0.15) is 0 Å². The van der Waals surface area contributed by atoms with Gasteiger partial charge in [0.25, 0.3) is 0 Å². The van der Waals surface area contributed by atoms with Crippen LogP contribution in [0.3, 0.4) is 0 Å². The fraction of sp³-hybridized carbons (Fsp3) is 0.647. The normalized spacial score (nSPS) is 15.5. The summed E-state index contributed by atoms with van der Waals surface area (Å²) in [6.45, 7) is 8.36. The molecule has 2 N–H and O–H groups in total. The molecule has 0 aromatic carbocycles. The third-order valence-corrected chi connectivity index (χ3v) is 4.51. The topological polar surface area (TPSA) is 80.9 Å². The van der Waals surface area contributed by atoms with Gasteiger partial charge in [0.15, 0.2) is 0 Å². The first-order valence-corrected chi connectivity index (χ1v) is 9.45. The third-order valence-electron chi connectivity index (χ3n) is 4.07. The van der Waals surface area contributed by atoms with E-state index in [2.05, 4.69) is 30.7 Å². The number of nitrogens with two attached hydrogens (primary N) is 1. The molecule has 0 radical (unpaired) electrons. The van der Waals surface area contributed by atoms with Crippen LogP contribution in [-0.2, 0) is 20.8 Å². The maximum absolute atomic E-state index is 11.9. The second kappa shape index (κ2) is 10.7. The van der Waals surface area contributed by atoms with Crippen molar-refractivity contribution in [2.75, 3.05) is 58.3 Å².